The van der Waals surface area contributed by atoms with Gasteiger partial charge in [-0.1, -0.05) is 39.8 Å². The Balaban J connectivity index is 2.03. The first kappa shape index (κ1) is 21.5. The number of carbonyl (C=O) groups excluding carboxylic acids is 2. The summed E-state index contributed by atoms with van der Waals surface area (Å²) < 4.78 is 0.816. The summed E-state index contributed by atoms with van der Waals surface area (Å²) in [5.74, 6) is -0.897. The number of nitrogens with zero attached hydrogens (tertiary/aromatic N) is 3. The van der Waals surface area contributed by atoms with Crippen LogP contribution in [0.15, 0.2) is 63.6 Å². The minimum absolute atomic E-state index is 0.0634. The topological polar surface area (TPSA) is 116 Å². The van der Waals surface area contributed by atoms with Crippen LogP contribution in [0.2, 0.25) is 0 Å². The van der Waals surface area contributed by atoms with Gasteiger partial charge in [-0.05, 0) is 36.2 Å². The molecule has 0 bridgehead atoms. The number of benzene rings is 2. The number of nitro groups is 1. The fraction of sp³-hybridized carbons (Fsp3) is 0.150. The van der Waals surface area contributed by atoms with Crippen LogP contribution < -0.4 is 10.2 Å². The van der Waals surface area contributed by atoms with E-state index >= 15 is 0 Å². The van der Waals surface area contributed by atoms with Crippen LogP contribution in [0.3, 0.4) is 0 Å². The quantitative estimate of drug-likeness (QED) is 0.299. The first-order valence-corrected chi connectivity index (χ1v) is 10.4. The van der Waals surface area contributed by atoms with Gasteiger partial charge in [0.05, 0.1) is 10.2 Å². The van der Waals surface area contributed by atoms with Crippen LogP contribution in [0, 0.1) is 21.4 Å². The van der Waals surface area contributed by atoms with Gasteiger partial charge in [0.2, 0.25) is 5.91 Å². The Morgan fingerprint density at radius 3 is 2.63 bits per heavy atom. The van der Waals surface area contributed by atoms with Crippen LogP contribution in [0.25, 0.3) is 0 Å². The third-order valence-electron chi connectivity index (χ3n) is 4.36. The van der Waals surface area contributed by atoms with E-state index in [0.29, 0.717) is 11.3 Å². The van der Waals surface area contributed by atoms with E-state index in [0.717, 1.165) is 16.2 Å². The number of halogens is 1. The Bertz CT molecular complexity index is 1090. The molecule has 1 atom stereocenters. The zero-order chi connectivity index (χ0) is 21.8. The molecule has 0 saturated carbocycles. The largest absolute Gasteiger partial charge is 0.354 e. The first-order chi connectivity index (χ1) is 14.3. The Morgan fingerprint density at radius 2 is 2.03 bits per heavy atom. The zero-order valence-corrected chi connectivity index (χ0v) is 18.1. The van der Waals surface area contributed by atoms with E-state index in [4.69, 9.17) is 0 Å². The maximum Gasteiger partial charge on any atom is 0.269 e. The van der Waals surface area contributed by atoms with Crippen molar-refractivity contribution in [1.82, 2.24) is 5.32 Å². The maximum atomic E-state index is 13.2. The lowest BCUT2D eigenvalue weighted by molar-refractivity contribution is -0.384. The number of amides is 2. The van der Waals surface area contributed by atoms with Crippen LogP contribution in [-0.2, 0) is 16.0 Å². The number of nitrogens with one attached hydrogen (secondary N) is 1. The summed E-state index contributed by atoms with van der Waals surface area (Å²) in [6.45, 7) is 0. The van der Waals surface area contributed by atoms with Crippen LogP contribution in [0.4, 0.5) is 11.4 Å². The van der Waals surface area contributed by atoms with Crippen molar-refractivity contribution in [2.24, 2.45) is 0 Å². The minimum Gasteiger partial charge on any atom is -0.354 e. The molecule has 1 aliphatic heterocycles. The molecular weight excluding hydrogens is 472 g/mol. The molecule has 0 spiro atoms. The van der Waals surface area contributed by atoms with Gasteiger partial charge in [0.25, 0.3) is 11.6 Å². The van der Waals surface area contributed by atoms with Gasteiger partial charge < -0.3 is 5.32 Å². The van der Waals surface area contributed by atoms with Crippen molar-refractivity contribution >= 4 is 50.9 Å². The number of nitro benzene ring substituents is 1. The van der Waals surface area contributed by atoms with Gasteiger partial charge in [-0.15, -0.1) is 0 Å². The second-order valence-corrected chi connectivity index (χ2v) is 8.37. The van der Waals surface area contributed by atoms with Gasteiger partial charge in [-0.25, -0.2) is 0 Å². The predicted octanol–water partition coefficient (Wildman–Crippen LogP) is 3.53. The van der Waals surface area contributed by atoms with E-state index in [1.807, 2.05) is 6.07 Å². The monoisotopic (exact) mass is 486 g/mol. The number of anilines is 1. The Hall–Kier alpha value is -3.16. The average Bonchev–Trinajstić information content (AvgIpc) is 3.05. The lowest BCUT2D eigenvalue weighted by atomic mass is 10.1. The van der Waals surface area contributed by atoms with Crippen molar-refractivity contribution in [1.29, 1.82) is 5.26 Å². The average molecular weight is 487 g/mol. The Morgan fingerprint density at radius 1 is 1.33 bits per heavy atom. The van der Waals surface area contributed by atoms with Crippen molar-refractivity contribution < 1.29 is 14.5 Å². The minimum atomic E-state index is -0.640. The van der Waals surface area contributed by atoms with Crippen LogP contribution in [-0.4, -0.2) is 29.0 Å². The third-order valence-corrected chi connectivity index (χ3v) is 6.15. The highest BCUT2D eigenvalue weighted by atomic mass is 79.9. The molecule has 152 valence electrons. The molecule has 30 heavy (non-hydrogen) atoms. The number of hydrogen-bond acceptors (Lipinski definition) is 6. The van der Waals surface area contributed by atoms with E-state index in [1.165, 1.54) is 24.1 Å². The molecular formula is C20H15BrN4O4S. The molecule has 1 unspecified atom stereocenters. The number of rotatable bonds is 5. The smallest absolute Gasteiger partial charge is 0.269 e. The molecule has 2 aromatic rings. The lowest BCUT2D eigenvalue weighted by Gasteiger charge is -2.18. The van der Waals surface area contributed by atoms with Crippen molar-refractivity contribution in [3.8, 4) is 6.07 Å². The van der Waals surface area contributed by atoms with Gasteiger partial charge in [0.1, 0.15) is 16.7 Å². The number of non-ortho nitro benzene ring substituents is 1. The number of thioether (sulfide) groups is 1. The van der Waals surface area contributed by atoms with Crippen molar-refractivity contribution in [3.05, 3.63) is 79.3 Å². The second kappa shape index (κ2) is 9.11. The number of likely N-dealkylation sites (N-methyl/N-ethyl adjacent to an activating group) is 1. The SMILES string of the molecule is CNC(=O)C(C#N)=C1SC(Cc2cccc([N+](=O)[O-])c2)C(=O)N1c1ccc(Br)cc1. The molecule has 1 N–H and O–H groups in total. The molecule has 8 nitrogen and oxygen atoms in total. The van der Waals surface area contributed by atoms with E-state index < -0.39 is 16.1 Å². The summed E-state index contributed by atoms with van der Waals surface area (Å²) in [5.41, 5.74) is 0.904. The molecule has 1 aliphatic rings. The van der Waals surface area contributed by atoms with E-state index in [9.17, 15) is 25.0 Å². The zero-order valence-electron chi connectivity index (χ0n) is 15.7. The maximum absolute atomic E-state index is 13.2. The summed E-state index contributed by atoms with van der Waals surface area (Å²) in [5, 5.41) is 22.6. The highest BCUT2D eigenvalue weighted by Gasteiger charge is 2.40. The molecule has 1 saturated heterocycles. The fourth-order valence-corrected chi connectivity index (χ4v) is 4.52. The van der Waals surface area contributed by atoms with Gasteiger partial charge in [0.15, 0.2) is 0 Å². The van der Waals surface area contributed by atoms with Crippen molar-refractivity contribution in [2.75, 3.05) is 11.9 Å². The molecule has 1 fully saturated rings. The number of nitriles is 1. The van der Waals surface area contributed by atoms with E-state index in [1.54, 1.807) is 36.4 Å². The van der Waals surface area contributed by atoms with Gasteiger partial charge in [-0.3, -0.25) is 24.6 Å². The Labute approximate surface area is 184 Å². The summed E-state index contributed by atoms with van der Waals surface area (Å²) in [6.07, 6.45) is 0.216. The molecule has 0 aromatic heterocycles. The summed E-state index contributed by atoms with van der Waals surface area (Å²) in [4.78, 5) is 37.4. The third kappa shape index (κ3) is 4.37. The molecule has 1 heterocycles. The van der Waals surface area contributed by atoms with Gasteiger partial charge in [0, 0.05) is 29.3 Å². The fourth-order valence-electron chi connectivity index (χ4n) is 2.95. The number of hydrogen-bond donors (Lipinski definition) is 1. The van der Waals surface area contributed by atoms with Crippen LogP contribution >= 0.6 is 27.7 Å². The second-order valence-electron chi connectivity index (χ2n) is 6.26. The molecule has 10 heteroatoms. The van der Waals surface area contributed by atoms with Crippen LogP contribution in [0.5, 0.6) is 0 Å². The molecule has 2 amide bonds. The Kier molecular flexibility index (Phi) is 6.54. The molecule has 2 aromatic carbocycles. The summed E-state index contributed by atoms with van der Waals surface area (Å²) in [7, 11) is 1.41. The first-order valence-electron chi connectivity index (χ1n) is 8.71. The number of carbonyl (C=O) groups is 2. The standard InChI is InChI=1S/C20H15BrN4O4S/c1-23-18(26)16(11-22)20-24(14-7-5-13(21)6-8-14)19(27)17(30-20)10-12-3-2-4-15(9-12)25(28)29/h2-9,17H,10H2,1H3,(H,23,26). The summed E-state index contributed by atoms with van der Waals surface area (Å²) in [6, 6.07) is 14.9. The van der Waals surface area contributed by atoms with E-state index in [2.05, 4.69) is 21.2 Å². The lowest BCUT2D eigenvalue weighted by Crippen LogP contribution is -2.31. The highest BCUT2D eigenvalue weighted by molar-refractivity contribution is 9.10. The normalized spacial score (nSPS) is 17.4. The van der Waals surface area contributed by atoms with E-state index in [-0.39, 0.29) is 28.6 Å². The highest BCUT2D eigenvalue weighted by Crippen LogP contribution is 2.42. The molecule has 0 radical (unpaired) electrons. The molecule has 3 rings (SSSR count). The van der Waals surface area contributed by atoms with Gasteiger partial charge >= 0.3 is 0 Å². The van der Waals surface area contributed by atoms with Crippen molar-refractivity contribution in [2.45, 2.75) is 11.7 Å². The van der Waals surface area contributed by atoms with Crippen LogP contribution in [0.1, 0.15) is 5.56 Å². The molecule has 0 aliphatic carbocycles. The van der Waals surface area contributed by atoms with Crippen molar-refractivity contribution in [3.63, 3.8) is 0 Å². The van der Waals surface area contributed by atoms with Gasteiger partial charge in [-0.2, -0.15) is 5.26 Å². The predicted molar refractivity (Wildman–Crippen MR) is 117 cm³/mol. The summed E-state index contributed by atoms with van der Waals surface area (Å²) >= 11 is 4.45.